The van der Waals surface area contributed by atoms with Gasteiger partial charge >= 0.3 is 5.97 Å². The lowest BCUT2D eigenvalue weighted by atomic mass is 10.1. The van der Waals surface area contributed by atoms with E-state index in [0.717, 1.165) is 16.7 Å². The van der Waals surface area contributed by atoms with Crippen molar-refractivity contribution in [1.82, 2.24) is 20.1 Å². The molecule has 3 aromatic rings. The highest BCUT2D eigenvalue weighted by Gasteiger charge is 2.30. The number of pyridine rings is 1. The first-order chi connectivity index (χ1) is 20.5. The first-order valence-electron chi connectivity index (χ1n) is 13.0. The number of ketones is 1. The number of ether oxygens (including phenoxy) is 1. The number of carboxylic acids is 1. The number of carboxylic acid groups (broad SMARTS) is 1. The van der Waals surface area contributed by atoms with Crippen molar-refractivity contribution < 1.29 is 46.6 Å². The fourth-order valence-electron chi connectivity index (χ4n) is 4.44. The largest absolute Gasteiger partial charge is 0.481 e. The van der Waals surface area contributed by atoms with Gasteiger partial charge in [-0.05, 0) is 17.2 Å². The summed E-state index contributed by atoms with van der Waals surface area (Å²) in [6, 6.07) is 9.88. The number of carbonyl (C=O) groups is 4. The Bertz CT molecular complexity index is 1500. The Morgan fingerprint density at radius 2 is 1.67 bits per heavy atom. The summed E-state index contributed by atoms with van der Waals surface area (Å²) < 4.78 is 59.0. The molecule has 1 aliphatic rings. The predicted molar refractivity (Wildman–Crippen MR) is 142 cm³/mol. The highest BCUT2D eigenvalue weighted by atomic mass is 19.2. The fourth-order valence-corrected chi connectivity index (χ4v) is 4.44. The quantitative estimate of drug-likeness (QED) is 0.239. The van der Waals surface area contributed by atoms with Crippen molar-refractivity contribution in [1.29, 1.82) is 0 Å². The van der Waals surface area contributed by atoms with E-state index in [-0.39, 0.29) is 25.1 Å². The molecule has 1 unspecified atom stereocenters. The predicted octanol–water partition coefficient (Wildman–Crippen LogP) is 2.56. The van der Waals surface area contributed by atoms with E-state index in [9.17, 15) is 36.7 Å². The monoisotopic (exact) mass is 602 g/mol. The fraction of sp³-hybridized carbons (Fsp3) is 0.276. The number of Topliss-reactive ketones (excluding diaryl/α,β-unsaturated/α-hetero) is 1. The molecule has 2 amide bonds. The molecule has 0 spiro atoms. The van der Waals surface area contributed by atoms with E-state index in [1.807, 2.05) is 41.3 Å². The maximum absolute atomic E-state index is 13.8. The van der Waals surface area contributed by atoms with E-state index >= 15 is 0 Å². The second-order valence-electron chi connectivity index (χ2n) is 9.74. The zero-order chi connectivity index (χ0) is 31.1. The van der Waals surface area contributed by atoms with Gasteiger partial charge in [-0.15, -0.1) is 0 Å². The molecule has 4 rings (SSSR count). The van der Waals surface area contributed by atoms with E-state index in [0.29, 0.717) is 13.1 Å². The van der Waals surface area contributed by atoms with Crippen LogP contribution in [0.3, 0.4) is 0 Å². The summed E-state index contributed by atoms with van der Waals surface area (Å²) in [5.74, 6) is -12.7. The summed E-state index contributed by atoms with van der Waals surface area (Å²) in [5, 5.41) is 11.3. The third-order valence-electron chi connectivity index (χ3n) is 6.57. The van der Waals surface area contributed by atoms with Gasteiger partial charge in [0.15, 0.2) is 23.2 Å². The highest BCUT2D eigenvalue weighted by Crippen LogP contribution is 2.26. The Morgan fingerprint density at radius 3 is 2.33 bits per heavy atom. The van der Waals surface area contributed by atoms with Crippen LogP contribution in [0.5, 0.6) is 5.75 Å². The van der Waals surface area contributed by atoms with Crippen LogP contribution in [0.2, 0.25) is 0 Å². The van der Waals surface area contributed by atoms with Gasteiger partial charge in [-0.25, -0.2) is 8.78 Å². The summed E-state index contributed by atoms with van der Waals surface area (Å²) in [4.78, 5) is 56.6. The van der Waals surface area contributed by atoms with Crippen molar-refractivity contribution in [2.24, 2.45) is 0 Å². The Morgan fingerprint density at radius 1 is 0.977 bits per heavy atom. The van der Waals surface area contributed by atoms with Crippen LogP contribution in [-0.2, 0) is 25.7 Å². The normalized spacial score (nSPS) is 14.3. The molecule has 0 saturated carbocycles. The zero-order valence-electron chi connectivity index (χ0n) is 22.6. The summed E-state index contributed by atoms with van der Waals surface area (Å²) in [7, 11) is 0. The number of piperazine rings is 1. The van der Waals surface area contributed by atoms with Crippen LogP contribution in [0.4, 0.5) is 17.6 Å². The number of hydrogen-bond donors (Lipinski definition) is 2. The van der Waals surface area contributed by atoms with Gasteiger partial charge < -0.3 is 20.1 Å². The minimum absolute atomic E-state index is 0.00447. The summed E-state index contributed by atoms with van der Waals surface area (Å²) in [6.45, 7) is -0.669. The number of carbonyl (C=O) groups excluding carboxylic acids is 3. The summed E-state index contributed by atoms with van der Waals surface area (Å²) in [6.07, 6.45) is 2.52. The Labute approximate surface area is 242 Å². The lowest BCUT2D eigenvalue weighted by molar-refractivity contribution is -0.143. The van der Waals surface area contributed by atoms with E-state index in [4.69, 9.17) is 5.11 Å². The highest BCUT2D eigenvalue weighted by molar-refractivity contribution is 5.94. The molecule has 226 valence electrons. The van der Waals surface area contributed by atoms with Gasteiger partial charge in [-0.3, -0.25) is 29.1 Å². The molecule has 2 N–H and O–H groups in total. The number of hydrogen-bond acceptors (Lipinski definition) is 7. The van der Waals surface area contributed by atoms with E-state index in [1.54, 1.807) is 12.4 Å². The molecule has 14 heteroatoms. The zero-order valence-corrected chi connectivity index (χ0v) is 22.6. The smallest absolute Gasteiger partial charge is 0.305 e. The molecule has 2 aromatic carbocycles. The van der Waals surface area contributed by atoms with Gasteiger partial charge in [0.2, 0.25) is 23.4 Å². The first-order valence-corrected chi connectivity index (χ1v) is 13.0. The number of amides is 2. The number of nitrogens with one attached hydrogen (secondary N) is 1. The molecule has 1 aliphatic heterocycles. The van der Waals surface area contributed by atoms with Crippen LogP contribution >= 0.6 is 0 Å². The second kappa shape index (κ2) is 13.9. The second-order valence-corrected chi connectivity index (χ2v) is 9.74. The van der Waals surface area contributed by atoms with Crippen LogP contribution in [-0.4, -0.2) is 82.3 Å². The Balaban J connectivity index is 1.31. The van der Waals surface area contributed by atoms with E-state index in [1.165, 1.54) is 4.90 Å². The SMILES string of the molecule is O=C(O)CC(NC(=O)CN1CCN(Cc2cncc(-c3ccccc3)c2)CC1=O)C(=O)COc1c(F)c(F)cc(F)c1F. The maximum atomic E-state index is 13.8. The van der Waals surface area contributed by atoms with Crippen LogP contribution in [0, 0.1) is 23.3 Å². The van der Waals surface area contributed by atoms with Crippen LogP contribution in [0.1, 0.15) is 12.0 Å². The van der Waals surface area contributed by atoms with Gasteiger partial charge in [0.05, 0.1) is 19.5 Å². The number of aliphatic carboxylic acids is 1. The maximum Gasteiger partial charge on any atom is 0.305 e. The van der Waals surface area contributed by atoms with Crippen molar-refractivity contribution >= 4 is 23.6 Å². The number of nitrogens with zero attached hydrogens (tertiary/aromatic N) is 3. The Hall–Kier alpha value is -4.85. The molecule has 1 fully saturated rings. The minimum Gasteiger partial charge on any atom is -0.481 e. The van der Waals surface area contributed by atoms with Crippen molar-refractivity contribution in [3.05, 3.63) is 83.7 Å². The molecule has 0 radical (unpaired) electrons. The van der Waals surface area contributed by atoms with Gasteiger partial charge in [-0.1, -0.05) is 30.3 Å². The molecule has 1 saturated heterocycles. The molecule has 2 heterocycles. The average molecular weight is 603 g/mol. The van der Waals surface area contributed by atoms with Crippen molar-refractivity contribution in [2.45, 2.75) is 19.0 Å². The lowest BCUT2D eigenvalue weighted by Crippen LogP contribution is -2.54. The Kier molecular flexibility index (Phi) is 10.0. The van der Waals surface area contributed by atoms with E-state index < -0.39 is 72.3 Å². The molecular weight excluding hydrogens is 576 g/mol. The van der Waals surface area contributed by atoms with Gasteiger partial charge in [0.25, 0.3) is 0 Å². The number of aromatic nitrogens is 1. The standard InChI is InChI=1S/C29H26F4N4O6/c30-20-9-21(31)28(33)29(27(20)32)43-16-23(38)22(10-26(41)42)35-24(39)14-37-7-6-36(15-25(37)40)13-17-8-19(12-34-11-17)18-4-2-1-3-5-18/h1-5,8-9,11-12,22H,6-7,10,13-16H2,(H,35,39)(H,41,42). The molecule has 10 nitrogen and oxygen atoms in total. The number of benzene rings is 2. The van der Waals surface area contributed by atoms with Gasteiger partial charge in [0.1, 0.15) is 12.6 Å². The first kappa shape index (κ1) is 31.1. The van der Waals surface area contributed by atoms with Gasteiger partial charge in [-0.2, -0.15) is 8.78 Å². The average Bonchev–Trinajstić information content (AvgIpc) is 2.97. The summed E-state index contributed by atoms with van der Waals surface area (Å²) >= 11 is 0. The van der Waals surface area contributed by atoms with Crippen molar-refractivity contribution in [3.8, 4) is 16.9 Å². The molecule has 0 aliphatic carbocycles. The van der Waals surface area contributed by atoms with Crippen LogP contribution in [0.15, 0.2) is 54.9 Å². The molecule has 43 heavy (non-hydrogen) atoms. The third-order valence-corrected chi connectivity index (χ3v) is 6.57. The van der Waals surface area contributed by atoms with Crippen molar-refractivity contribution in [2.75, 3.05) is 32.8 Å². The van der Waals surface area contributed by atoms with Crippen LogP contribution < -0.4 is 10.1 Å². The lowest BCUT2D eigenvalue weighted by Gasteiger charge is -2.34. The molecule has 1 aromatic heterocycles. The third kappa shape index (κ3) is 8.13. The molecule has 0 bridgehead atoms. The van der Waals surface area contributed by atoms with Crippen molar-refractivity contribution in [3.63, 3.8) is 0 Å². The minimum atomic E-state index is -1.89. The van der Waals surface area contributed by atoms with Gasteiger partial charge in [0, 0.05) is 43.7 Å². The topological polar surface area (TPSA) is 129 Å². The number of halogens is 4. The molecule has 1 atom stereocenters. The summed E-state index contributed by atoms with van der Waals surface area (Å²) in [5.41, 5.74) is 2.81. The van der Waals surface area contributed by atoms with Crippen LogP contribution in [0.25, 0.3) is 11.1 Å². The molecular formula is C29H26F4N4O6. The van der Waals surface area contributed by atoms with E-state index in [2.05, 4.69) is 15.0 Å². The number of rotatable bonds is 12.